The molecule has 2 aromatic rings. The van der Waals surface area contributed by atoms with E-state index in [0.29, 0.717) is 35.7 Å². The number of rotatable bonds is 7. The van der Waals surface area contributed by atoms with Crippen molar-refractivity contribution in [3.05, 3.63) is 76.5 Å². The minimum atomic E-state index is -0.533. The van der Waals surface area contributed by atoms with Crippen LogP contribution in [0.4, 0.5) is 0 Å². The van der Waals surface area contributed by atoms with Crippen molar-refractivity contribution < 1.29 is 23.8 Å². The predicted octanol–water partition coefficient (Wildman–Crippen LogP) is 3.62. The van der Waals surface area contributed by atoms with E-state index in [-0.39, 0.29) is 11.5 Å². The first kappa shape index (κ1) is 21.2. The van der Waals surface area contributed by atoms with Crippen LogP contribution < -0.4 is 9.47 Å². The molecule has 0 saturated carbocycles. The molecule has 30 heavy (non-hydrogen) atoms. The third-order valence-electron chi connectivity index (χ3n) is 5.09. The number of carbonyl (C=O) groups excluding carboxylic acids is 2. The molecule has 1 amide bonds. The molecule has 0 saturated heterocycles. The second kappa shape index (κ2) is 9.31. The van der Waals surface area contributed by atoms with E-state index < -0.39 is 5.97 Å². The van der Waals surface area contributed by atoms with Crippen LogP contribution in [0.1, 0.15) is 18.1 Å². The van der Waals surface area contributed by atoms with Gasteiger partial charge < -0.3 is 19.1 Å². The molecule has 0 spiro atoms. The topological polar surface area (TPSA) is 65.1 Å². The Hall–Kier alpha value is -3.54. The van der Waals surface area contributed by atoms with E-state index in [1.54, 1.807) is 50.3 Å². The molecule has 0 bridgehead atoms. The number of nitrogens with zero attached hydrogens (tertiary/aromatic N) is 1. The second-order valence-electron chi connectivity index (χ2n) is 6.82. The monoisotopic (exact) mass is 407 g/mol. The first-order valence-corrected chi connectivity index (χ1v) is 9.59. The lowest BCUT2D eigenvalue weighted by Gasteiger charge is -2.17. The maximum Gasteiger partial charge on any atom is 0.340 e. The van der Waals surface area contributed by atoms with Gasteiger partial charge in [0.1, 0.15) is 0 Å². The first-order valence-electron chi connectivity index (χ1n) is 9.59. The maximum absolute atomic E-state index is 13.2. The van der Waals surface area contributed by atoms with Gasteiger partial charge in [-0.05, 0) is 42.7 Å². The lowest BCUT2D eigenvalue weighted by atomic mass is 10.0. The van der Waals surface area contributed by atoms with Gasteiger partial charge in [-0.15, -0.1) is 0 Å². The predicted molar refractivity (Wildman–Crippen MR) is 114 cm³/mol. The molecule has 0 radical (unpaired) electrons. The van der Waals surface area contributed by atoms with Crippen molar-refractivity contribution in [1.29, 1.82) is 0 Å². The zero-order valence-corrected chi connectivity index (χ0v) is 17.6. The van der Waals surface area contributed by atoms with E-state index in [2.05, 4.69) is 0 Å². The van der Waals surface area contributed by atoms with Crippen LogP contribution in [0, 0.1) is 0 Å². The first-order chi connectivity index (χ1) is 14.5. The molecule has 3 rings (SSSR count). The molecule has 0 aliphatic carbocycles. The van der Waals surface area contributed by atoms with Crippen LogP contribution >= 0.6 is 0 Å². The summed E-state index contributed by atoms with van der Waals surface area (Å²) in [6, 6.07) is 15.2. The van der Waals surface area contributed by atoms with Crippen molar-refractivity contribution >= 4 is 18.0 Å². The van der Waals surface area contributed by atoms with Gasteiger partial charge in [-0.2, -0.15) is 0 Å². The fourth-order valence-electron chi connectivity index (χ4n) is 3.49. The van der Waals surface area contributed by atoms with Crippen LogP contribution in [0.3, 0.4) is 0 Å². The number of hydrogen-bond donors (Lipinski definition) is 0. The zero-order chi connectivity index (χ0) is 21.7. The Bertz CT molecular complexity index is 1010. The van der Waals surface area contributed by atoms with E-state index in [0.717, 1.165) is 11.1 Å². The molecule has 6 heteroatoms. The van der Waals surface area contributed by atoms with E-state index in [9.17, 15) is 9.59 Å². The molecular formula is C24H25NO5. The molecule has 1 aliphatic rings. The van der Waals surface area contributed by atoms with E-state index >= 15 is 0 Å². The fraction of sp³-hybridized carbons (Fsp3) is 0.250. The van der Waals surface area contributed by atoms with Crippen LogP contribution in [0.15, 0.2) is 65.4 Å². The summed E-state index contributed by atoms with van der Waals surface area (Å²) in [7, 11) is 4.42. The van der Waals surface area contributed by atoms with Crippen LogP contribution in [-0.2, 0) is 20.7 Å². The van der Waals surface area contributed by atoms with Gasteiger partial charge in [0.05, 0.1) is 32.5 Å². The van der Waals surface area contributed by atoms with Gasteiger partial charge in [0.2, 0.25) is 0 Å². The van der Waals surface area contributed by atoms with Gasteiger partial charge in [0.15, 0.2) is 11.5 Å². The Morgan fingerprint density at radius 1 is 1.00 bits per heavy atom. The Kier molecular flexibility index (Phi) is 6.57. The van der Waals surface area contributed by atoms with Crippen LogP contribution in [0.2, 0.25) is 0 Å². The SMILES string of the molecule is COC(=O)C1=C(C)N(CCc2ccccc2)C(=O)/C1=C\c1ccc(OC)c(OC)c1. The number of ether oxygens (including phenoxy) is 3. The van der Waals surface area contributed by atoms with E-state index in [1.807, 2.05) is 30.3 Å². The minimum absolute atomic E-state index is 0.224. The largest absolute Gasteiger partial charge is 0.493 e. The molecule has 1 aliphatic heterocycles. The molecule has 0 unspecified atom stereocenters. The summed E-state index contributed by atoms with van der Waals surface area (Å²) in [5.41, 5.74) is 3.02. The maximum atomic E-state index is 13.2. The highest BCUT2D eigenvalue weighted by Crippen LogP contribution is 2.34. The molecule has 6 nitrogen and oxygen atoms in total. The lowest BCUT2D eigenvalue weighted by molar-refractivity contribution is -0.136. The standard InChI is InChI=1S/C24H25NO5/c1-16-22(24(27)30-4)19(14-18-10-11-20(28-2)21(15-18)29-3)23(26)25(16)13-12-17-8-6-5-7-9-17/h5-11,14-15H,12-13H2,1-4H3/b19-14-. The van der Waals surface area contributed by atoms with Gasteiger partial charge >= 0.3 is 5.97 Å². The quantitative estimate of drug-likeness (QED) is 0.518. The highest BCUT2D eigenvalue weighted by molar-refractivity contribution is 6.16. The average molecular weight is 407 g/mol. The number of benzene rings is 2. The number of amides is 1. The normalized spacial score (nSPS) is 15.0. The van der Waals surface area contributed by atoms with Crippen molar-refractivity contribution in [3.8, 4) is 11.5 Å². The second-order valence-corrected chi connectivity index (χ2v) is 6.82. The van der Waals surface area contributed by atoms with Gasteiger partial charge in [-0.1, -0.05) is 36.4 Å². The average Bonchev–Trinajstić information content (AvgIpc) is 3.01. The number of esters is 1. The summed E-state index contributed by atoms with van der Waals surface area (Å²) < 4.78 is 15.6. The molecule has 0 atom stereocenters. The molecule has 0 aromatic heterocycles. The molecule has 0 N–H and O–H groups in total. The van der Waals surface area contributed by atoms with Crippen molar-refractivity contribution in [2.75, 3.05) is 27.9 Å². The van der Waals surface area contributed by atoms with Gasteiger partial charge in [-0.25, -0.2) is 4.79 Å². The third kappa shape index (κ3) is 4.22. The number of allylic oxidation sites excluding steroid dienone is 1. The summed E-state index contributed by atoms with van der Waals surface area (Å²) >= 11 is 0. The number of methoxy groups -OCH3 is 3. The van der Waals surface area contributed by atoms with Gasteiger partial charge in [0, 0.05) is 12.2 Å². The molecule has 0 fully saturated rings. The molecule has 156 valence electrons. The van der Waals surface area contributed by atoms with Gasteiger partial charge in [-0.3, -0.25) is 4.79 Å². The van der Waals surface area contributed by atoms with Crippen molar-refractivity contribution in [2.45, 2.75) is 13.3 Å². The van der Waals surface area contributed by atoms with E-state index in [4.69, 9.17) is 14.2 Å². The summed E-state index contributed by atoms with van der Waals surface area (Å²) in [5, 5.41) is 0. The van der Waals surface area contributed by atoms with Gasteiger partial charge in [0.25, 0.3) is 5.91 Å². The Balaban J connectivity index is 1.96. The smallest absolute Gasteiger partial charge is 0.340 e. The number of hydrogen-bond acceptors (Lipinski definition) is 5. The van der Waals surface area contributed by atoms with Crippen molar-refractivity contribution in [2.24, 2.45) is 0 Å². The zero-order valence-electron chi connectivity index (χ0n) is 17.6. The minimum Gasteiger partial charge on any atom is -0.493 e. The highest BCUT2D eigenvalue weighted by Gasteiger charge is 2.36. The molecule has 2 aromatic carbocycles. The Morgan fingerprint density at radius 3 is 2.33 bits per heavy atom. The number of carbonyl (C=O) groups is 2. The molecular weight excluding hydrogens is 382 g/mol. The summed E-state index contributed by atoms with van der Waals surface area (Å²) in [6.07, 6.45) is 2.37. The summed E-state index contributed by atoms with van der Waals surface area (Å²) in [6.45, 7) is 2.24. The summed E-state index contributed by atoms with van der Waals surface area (Å²) in [5.74, 6) is 0.369. The Labute approximate surface area is 176 Å². The molecule has 1 heterocycles. The van der Waals surface area contributed by atoms with Crippen LogP contribution in [0.5, 0.6) is 11.5 Å². The Morgan fingerprint density at radius 2 is 1.70 bits per heavy atom. The van der Waals surface area contributed by atoms with Crippen LogP contribution in [0.25, 0.3) is 6.08 Å². The third-order valence-corrected chi connectivity index (χ3v) is 5.09. The van der Waals surface area contributed by atoms with Crippen LogP contribution in [-0.4, -0.2) is 44.7 Å². The fourth-order valence-corrected chi connectivity index (χ4v) is 3.49. The van der Waals surface area contributed by atoms with E-state index in [1.165, 1.54) is 7.11 Å². The van der Waals surface area contributed by atoms with Crippen molar-refractivity contribution in [1.82, 2.24) is 4.90 Å². The van der Waals surface area contributed by atoms with Crippen molar-refractivity contribution in [3.63, 3.8) is 0 Å². The highest BCUT2D eigenvalue weighted by atomic mass is 16.5. The lowest BCUT2D eigenvalue weighted by Crippen LogP contribution is -2.27. The summed E-state index contributed by atoms with van der Waals surface area (Å²) in [4.78, 5) is 27.3.